The van der Waals surface area contributed by atoms with Crippen molar-refractivity contribution in [3.05, 3.63) is 70.7 Å². The largest absolute Gasteiger partial charge is 0.323 e. The van der Waals surface area contributed by atoms with Gasteiger partial charge in [-0.1, -0.05) is 34.6 Å². The van der Waals surface area contributed by atoms with Crippen LogP contribution in [-0.2, 0) is 4.79 Å². The lowest BCUT2D eigenvalue weighted by atomic mass is 10.1. The second-order valence-corrected chi connectivity index (χ2v) is 5.60. The van der Waals surface area contributed by atoms with Crippen molar-refractivity contribution in [2.24, 2.45) is 0 Å². The van der Waals surface area contributed by atoms with Gasteiger partial charge < -0.3 is 10.6 Å². The molecular formula is C17H15BrN2O2. The Morgan fingerprint density at radius 3 is 2.64 bits per heavy atom. The van der Waals surface area contributed by atoms with E-state index in [2.05, 4.69) is 33.1 Å². The Hall–Kier alpha value is -2.40. The zero-order valence-electron chi connectivity index (χ0n) is 12.0. The highest BCUT2D eigenvalue weighted by molar-refractivity contribution is 9.10. The van der Waals surface area contributed by atoms with Gasteiger partial charge in [-0.2, -0.15) is 0 Å². The van der Waals surface area contributed by atoms with Crippen LogP contribution >= 0.6 is 15.9 Å². The molecule has 22 heavy (non-hydrogen) atoms. The van der Waals surface area contributed by atoms with Crippen molar-refractivity contribution < 1.29 is 9.59 Å². The maximum absolute atomic E-state index is 12.3. The Morgan fingerprint density at radius 2 is 1.91 bits per heavy atom. The summed E-state index contributed by atoms with van der Waals surface area (Å²) >= 11 is 3.38. The number of rotatable bonds is 4. The van der Waals surface area contributed by atoms with E-state index < -0.39 is 0 Å². The van der Waals surface area contributed by atoms with E-state index in [4.69, 9.17) is 0 Å². The van der Waals surface area contributed by atoms with E-state index in [0.29, 0.717) is 11.3 Å². The Labute approximate surface area is 137 Å². The number of hydrogen-bond acceptors (Lipinski definition) is 2. The number of amides is 2. The summed E-state index contributed by atoms with van der Waals surface area (Å²) in [6, 6.07) is 12.4. The molecule has 0 bridgehead atoms. The highest BCUT2D eigenvalue weighted by Crippen LogP contribution is 2.21. The molecule has 0 fully saturated rings. The molecule has 0 saturated heterocycles. The molecule has 0 unspecified atom stereocenters. The molecule has 2 rings (SSSR count). The van der Waals surface area contributed by atoms with Crippen molar-refractivity contribution in [2.75, 3.05) is 10.6 Å². The fourth-order valence-electron chi connectivity index (χ4n) is 1.85. The average molecular weight is 359 g/mol. The number of hydrogen-bond donors (Lipinski definition) is 2. The first-order valence-electron chi connectivity index (χ1n) is 6.60. The second kappa shape index (κ2) is 7.04. The van der Waals surface area contributed by atoms with Crippen LogP contribution in [0.5, 0.6) is 0 Å². The van der Waals surface area contributed by atoms with E-state index in [1.54, 1.807) is 24.3 Å². The smallest absolute Gasteiger partial charge is 0.255 e. The minimum Gasteiger partial charge on any atom is -0.323 e. The minimum atomic E-state index is -0.319. The van der Waals surface area contributed by atoms with E-state index >= 15 is 0 Å². The third-order valence-corrected chi connectivity index (χ3v) is 3.52. The standard InChI is InChI=1S/C17H15BrN2O2/c1-3-16(21)19-14-6-4-5-12(9-14)17(22)20-15-10-13(18)8-7-11(15)2/h3-10H,1H2,2H3,(H,19,21)(H,20,22). The highest BCUT2D eigenvalue weighted by Gasteiger charge is 2.09. The van der Waals surface area contributed by atoms with E-state index in [-0.39, 0.29) is 11.8 Å². The number of carbonyl (C=O) groups is 2. The van der Waals surface area contributed by atoms with Gasteiger partial charge in [-0.15, -0.1) is 0 Å². The Kier molecular flexibility index (Phi) is 5.12. The van der Waals surface area contributed by atoms with Crippen molar-refractivity contribution in [2.45, 2.75) is 6.92 Å². The van der Waals surface area contributed by atoms with Crippen LogP contribution in [0.25, 0.3) is 0 Å². The zero-order chi connectivity index (χ0) is 16.1. The van der Waals surface area contributed by atoms with Crippen molar-refractivity contribution in [1.82, 2.24) is 0 Å². The predicted octanol–water partition coefficient (Wildman–Crippen LogP) is 4.13. The van der Waals surface area contributed by atoms with Gasteiger partial charge in [0, 0.05) is 21.4 Å². The molecule has 2 amide bonds. The molecule has 112 valence electrons. The third kappa shape index (κ3) is 4.05. The van der Waals surface area contributed by atoms with Crippen LogP contribution in [0.15, 0.2) is 59.6 Å². The molecule has 0 atom stereocenters. The minimum absolute atomic E-state index is 0.240. The molecule has 0 radical (unpaired) electrons. The van der Waals surface area contributed by atoms with E-state index in [9.17, 15) is 9.59 Å². The molecule has 4 nitrogen and oxygen atoms in total. The number of halogens is 1. The fourth-order valence-corrected chi connectivity index (χ4v) is 2.22. The van der Waals surface area contributed by atoms with Gasteiger partial charge >= 0.3 is 0 Å². The first kappa shape index (κ1) is 16.0. The number of nitrogens with one attached hydrogen (secondary N) is 2. The van der Waals surface area contributed by atoms with Gasteiger partial charge in [0.05, 0.1) is 0 Å². The van der Waals surface area contributed by atoms with Crippen LogP contribution in [0, 0.1) is 6.92 Å². The number of benzene rings is 2. The molecule has 0 aromatic heterocycles. The Balaban J connectivity index is 2.19. The summed E-state index contributed by atoms with van der Waals surface area (Å²) in [4.78, 5) is 23.6. The van der Waals surface area contributed by atoms with Crippen LogP contribution in [0.3, 0.4) is 0 Å². The lowest BCUT2D eigenvalue weighted by Gasteiger charge is -2.10. The summed E-state index contributed by atoms with van der Waals surface area (Å²) in [6.07, 6.45) is 1.18. The molecule has 0 spiro atoms. The lowest BCUT2D eigenvalue weighted by Crippen LogP contribution is -2.14. The van der Waals surface area contributed by atoms with Gasteiger partial charge in [-0.25, -0.2) is 0 Å². The summed E-state index contributed by atoms with van der Waals surface area (Å²) in [6.45, 7) is 5.31. The maximum Gasteiger partial charge on any atom is 0.255 e. The van der Waals surface area contributed by atoms with Crippen LogP contribution in [-0.4, -0.2) is 11.8 Å². The topological polar surface area (TPSA) is 58.2 Å². The zero-order valence-corrected chi connectivity index (χ0v) is 13.6. The number of carbonyl (C=O) groups excluding carboxylic acids is 2. The van der Waals surface area contributed by atoms with E-state index in [1.165, 1.54) is 6.08 Å². The van der Waals surface area contributed by atoms with E-state index in [1.807, 2.05) is 25.1 Å². The lowest BCUT2D eigenvalue weighted by molar-refractivity contribution is -0.111. The molecule has 2 aromatic carbocycles. The summed E-state index contributed by atoms with van der Waals surface area (Å²) in [5.74, 6) is -0.559. The van der Waals surface area contributed by atoms with Gasteiger partial charge in [0.2, 0.25) is 5.91 Å². The van der Waals surface area contributed by atoms with Crippen LogP contribution < -0.4 is 10.6 Å². The SMILES string of the molecule is C=CC(=O)Nc1cccc(C(=O)Nc2cc(Br)ccc2C)c1. The van der Waals surface area contributed by atoms with Crippen molar-refractivity contribution in [1.29, 1.82) is 0 Å². The van der Waals surface area contributed by atoms with Crippen molar-refractivity contribution >= 4 is 39.1 Å². The molecule has 0 aliphatic rings. The van der Waals surface area contributed by atoms with Gasteiger partial charge in [0.1, 0.15) is 0 Å². The molecule has 0 saturated carbocycles. The van der Waals surface area contributed by atoms with Crippen LogP contribution in [0.4, 0.5) is 11.4 Å². The van der Waals surface area contributed by atoms with Crippen LogP contribution in [0.1, 0.15) is 15.9 Å². The Morgan fingerprint density at radius 1 is 1.14 bits per heavy atom. The van der Waals surface area contributed by atoms with Gasteiger partial charge in [-0.05, 0) is 48.9 Å². The second-order valence-electron chi connectivity index (χ2n) is 4.69. The average Bonchev–Trinajstić information content (AvgIpc) is 2.51. The molecule has 0 aliphatic heterocycles. The summed E-state index contributed by atoms with van der Waals surface area (Å²) in [5, 5.41) is 5.49. The summed E-state index contributed by atoms with van der Waals surface area (Å²) in [5.41, 5.74) is 2.71. The van der Waals surface area contributed by atoms with Crippen LogP contribution in [0.2, 0.25) is 0 Å². The molecule has 0 aliphatic carbocycles. The first-order chi connectivity index (χ1) is 10.5. The van der Waals surface area contributed by atoms with Crippen molar-refractivity contribution in [3.63, 3.8) is 0 Å². The van der Waals surface area contributed by atoms with Gasteiger partial charge in [0.15, 0.2) is 0 Å². The first-order valence-corrected chi connectivity index (χ1v) is 7.40. The molecule has 2 N–H and O–H groups in total. The Bertz CT molecular complexity index is 741. The van der Waals surface area contributed by atoms with Gasteiger partial charge in [0.25, 0.3) is 5.91 Å². The van der Waals surface area contributed by atoms with E-state index in [0.717, 1.165) is 15.7 Å². The molecule has 0 heterocycles. The molecule has 5 heteroatoms. The summed E-state index contributed by atoms with van der Waals surface area (Å²) < 4.78 is 0.889. The molecular weight excluding hydrogens is 344 g/mol. The number of aryl methyl sites for hydroxylation is 1. The summed E-state index contributed by atoms with van der Waals surface area (Å²) in [7, 11) is 0. The highest BCUT2D eigenvalue weighted by atomic mass is 79.9. The maximum atomic E-state index is 12.3. The third-order valence-electron chi connectivity index (χ3n) is 3.03. The number of anilines is 2. The molecule has 2 aromatic rings. The van der Waals surface area contributed by atoms with Crippen molar-refractivity contribution in [3.8, 4) is 0 Å². The fraction of sp³-hybridized carbons (Fsp3) is 0.0588. The monoisotopic (exact) mass is 358 g/mol. The predicted molar refractivity (Wildman–Crippen MR) is 92.1 cm³/mol. The normalized spacial score (nSPS) is 9.91. The quantitative estimate of drug-likeness (QED) is 0.807. The van der Waals surface area contributed by atoms with Gasteiger partial charge in [-0.3, -0.25) is 9.59 Å².